The van der Waals surface area contributed by atoms with E-state index in [2.05, 4.69) is 9.84 Å². The van der Waals surface area contributed by atoms with Crippen molar-refractivity contribution in [1.29, 1.82) is 0 Å². The average Bonchev–Trinajstić information content (AvgIpc) is 2.71. The molecule has 118 valence electrons. The molecule has 0 bridgehead atoms. The zero-order valence-corrected chi connectivity index (χ0v) is 13.1. The Morgan fingerprint density at radius 1 is 1.29 bits per heavy atom. The monoisotopic (exact) mass is 317 g/mol. The van der Waals surface area contributed by atoms with Gasteiger partial charge in [0.25, 0.3) is 0 Å². The number of rotatable bonds is 2. The molecule has 1 aromatic rings. The van der Waals surface area contributed by atoms with Gasteiger partial charge in [-0.2, -0.15) is 9.40 Å². The maximum absolute atomic E-state index is 12.6. The molecule has 10 heteroatoms. The lowest BCUT2D eigenvalue weighted by Gasteiger charge is -2.32. The van der Waals surface area contributed by atoms with Crippen molar-refractivity contribution in [1.82, 2.24) is 19.0 Å². The number of nitrogens with zero attached hydrogens (tertiary/aromatic N) is 4. The van der Waals surface area contributed by atoms with E-state index in [1.807, 2.05) is 0 Å². The molecule has 0 radical (unpaired) electrons. The Morgan fingerprint density at radius 3 is 2.29 bits per heavy atom. The van der Waals surface area contributed by atoms with E-state index in [1.165, 1.54) is 21.0 Å². The number of carbonyl (C=O) groups is 1. The molecule has 2 rings (SSSR count). The topological polar surface area (TPSA) is 111 Å². The minimum absolute atomic E-state index is 0.00889. The van der Waals surface area contributed by atoms with Crippen molar-refractivity contribution in [3.05, 3.63) is 5.69 Å². The number of anilines is 1. The Labute approximate surface area is 123 Å². The van der Waals surface area contributed by atoms with Crippen LogP contribution in [-0.2, 0) is 21.8 Å². The molecule has 1 aromatic heterocycles. The van der Waals surface area contributed by atoms with Crippen LogP contribution in [0.3, 0.4) is 0 Å². The van der Waals surface area contributed by atoms with Gasteiger partial charge in [-0.3, -0.25) is 4.68 Å². The van der Waals surface area contributed by atoms with E-state index in [0.29, 0.717) is 5.69 Å². The normalized spacial score (nSPS) is 17.0. The smallest absolute Gasteiger partial charge is 0.409 e. The zero-order chi connectivity index (χ0) is 15.8. The second kappa shape index (κ2) is 5.53. The lowest BCUT2D eigenvalue weighted by atomic mass is 10.4. The van der Waals surface area contributed by atoms with E-state index < -0.39 is 16.1 Å². The fraction of sp³-hybridized carbons (Fsp3) is 0.636. The number of hydrogen-bond acceptors (Lipinski definition) is 6. The Morgan fingerprint density at radius 2 is 1.86 bits per heavy atom. The summed E-state index contributed by atoms with van der Waals surface area (Å²) < 4.78 is 32.7. The van der Waals surface area contributed by atoms with Gasteiger partial charge in [-0.15, -0.1) is 0 Å². The van der Waals surface area contributed by atoms with Gasteiger partial charge in [0.05, 0.1) is 12.8 Å². The maximum atomic E-state index is 12.6. The van der Waals surface area contributed by atoms with E-state index in [-0.39, 0.29) is 36.9 Å². The Kier molecular flexibility index (Phi) is 4.10. The summed E-state index contributed by atoms with van der Waals surface area (Å²) in [5.74, 6) is -0.00889. The predicted octanol–water partition coefficient (Wildman–Crippen LogP) is -0.617. The number of nitrogen functional groups attached to an aromatic ring is 1. The molecule has 1 fully saturated rings. The highest BCUT2D eigenvalue weighted by Crippen LogP contribution is 2.25. The van der Waals surface area contributed by atoms with Crippen molar-refractivity contribution in [2.24, 2.45) is 7.05 Å². The van der Waals surface area contributed by atoms with Crippen molar-refractivity contribution < 1.29 is 17.9 Å². The van der Waals surface area contributed by atoms with Crippen LogP contribution in [0.2, 0.25) is 0 Å². The first-order chi connectivity index (χ1) is 9.78. The maximum Gasteiger partial charge on any atom is 0.409 e. The van der Waals surface area contributed by atoms with Gasteiger partial charge in [-0.1, -0.05) is 0 Å². The minimum Gasteiger partial charge on any atom is -0.453 e. The molecule has 2 N–H and O–H groups in total. The van der Waals surface area contributed by atoms with Crippen LogP contribution in [0.5, 0.6) is 0 Å². The first-order valence-corrected chi connectivity index (χ1v) is 7.85. The van der Waals surface area contributed by atoms with Gasteiger partial charge in [0.2, 0.25) is 10.0 Å². The van der Waals surface area contributed by atoms with Gasteiger partial charge < -0.3 is 15.4 Å². The van der Waals surface area contributed by atoms with E-state index in [4.69, 9.17) is 5.73 Å². The van der Waals surface area contributed by atoms with Crippen molar-refractivity contribution in [2.45, 2.75) is 11.8 Å². The predicted molar refractivity (Wildman–Crippen MR) is 75.1 cm³/mol. The van der Waals surface area contributed by atoms with Crippen LogP contribution in [0.1, 0.15) is 5.69 Å². The van der Waals surface area contributed by atoms with Crippen LogP contribution in [-0.4, -0.2) is 66.8 Å². The van der Waals surface area contributed by atoms with Crippen LogP contribution in [0, 0.1) is 6.92 Å². The molecule has 1 aliphatic heterocycles. The van der Waals surface area contributed by atoms with Gasteiger partial charge in [0, 0.05) is 33.2 Å². The summed E-state index contributed by atoms with van der Waals surface area (Å²) in [4.78, 5) is 12.9. The lowest BCUT2D eigenvalue weighted by Crippen LogP contribution is -2.50. The lowest BCUT2D eigenvalue weighted by molar-refractivity contribution is 0.108. The second-order valence-corrected chi connectivity index (χ2v) is 6.66. The number of aryl methyl sites for hydroxylation is 1. The summed E-state index contributed by atoms with van der Waals surface area (Å²) in [6.45, 7) is 2.62. The molecule has 1 aliphatic rings. The number of carbonyl (C=O) groups excluding carboxylic acids is 1. The van der Waals surface area contributed by atoms with E-state index >= 15 is 0 Å². The van der Waals surface area contributed by atoms with Gasteiger partial charge in [0.1, 0.15) is 4.90 Å². The highest BCUT2D eigenvalue weighted by atomic mass is 32.2. The number of nitrogens with two attached hydrogens (primary N) is 1. The molecule has 0 unspecified atom stereocenters. The van der Waals surface area contributed by atoms with Gasteiger partial charge in [-0.05, 0) is 6.92 Å². The number of piperazine rings is 1. The summed E-state index contributed by atoms with van der Waals surface area (Å²) in [6, 6.07) is 0. The molecule has 1 saturated heterocycles. The molecule has 0 spiro atoms. The third-order valence-electron chi connectivity index (χ3n) is 3.57. The standard InChI is InChI=1S/C11H19N5O4S/c1-8-9(10(12)13-14(8)2)21(18,19)16-6-4-15(5-7-16)11(17)20-3/h4-7H2,1-3H3,(H2,12,13). The Hall–Kier alpha value is -1.81. The summed E-state index contributed by atoms with van der Waals surface area (Å²) >= 11 is 0. The second-order valence-electron chi connectivity index (χ2n) is 4.78. The summed E-state index contributed by atoms with van der Waals surface area (Å²) in [7, 11) is -0.777. The number of hydrogen-bond donors (Lipinski definition) is 1. The third-order valence-corrected chi connectivity index (χ3v) is 5.64. The molecule has 9 nitrogen and oxygen atoms in total. The highest BCUT2D eigenvalue weighted by Gasteiger charge is 2.34. The molecule has 0 atom stereocenters. The fourth-order valence-electron chi connectivity index (χ4n) is 2.30. The van der Waals surface area contributed by atoms with Crippen LogP contribution >= 0.6 is 0 Å². The number of amides is 1. The van der Waals surface area contributed by atoms with Gasteiger partial charge in [-0.25, -0.2) is 13.2 Å². The number of methoxy groups -OCH3 is 1. The zero-order valence-electron chi connectivity index (χ0n) is 12.2. The summed E-state index contributed by atoms with van der Waals surface area (Å²) in [5.41, 5.74) is 6.20. The molecule has 1 amide bonds. The molecule has 2 heterocycles. The Balaban J connectivity index is 2.21. The molecular weight excluding hydrogens is 298 g/mol. The fourth-order valence-corrected chi connectivity index (χ4v) is 4.02. The Bertz CT molecular complexity index is 646. The highest BCUT2D eigenvalue weighted by molar-refractivity contribution is 7.89. The van der Waals surface area contributed by atoms with E-state index in [1.54, 1.807) is 14.0 Å². The largest absolute Gasteiger partial charge is 0.453 e. The molecule has 0 saturated carbocycles. The van der Waals surface area contributed by atoms with Crippen molar-refractivity contribution in [2.75, 3.05) is 39.0 Å². The average molecular weight is 317 g/mol. The first kappa shape index (κ1) is 15.6. The van der Waals surface area contributed by atoms with Crippen LogP contribution < -0.4 is 5.73 Å². The quantitative estimate of drug-likeness (QED) is 0.778. The van der Waals surface area contributed by atoms with Crippen molar-refractivity contribution >= 4 is 21.9 Å². The van der Waals surface area contributed by atoms with E-state index in [0.717, 1.165) is 0 Å². The van der Waals surface area contributed by atoms with Crippen LogP contribution in [0.15, 0.2) is 4.90 Å². The summed E-state index contributed by atoms with van der Waals surface area (Å²) in [6.07, 6.45) is -0.455. The van der Waals surface area contributed by atoms with Crippen molar-refractivity contribution in [3.63, 3.8) is 0 Å². The number of aromatic nitrogens is 2. The SMILES string of the molecule is COC(=O)N1CCN(S(=O)(=O)c2c(N)nn(C)c2C)CC1. The molecule has 0 aromatic carbocycles. The van der Waals surface area contributed by atoms with Gasteiger partial charge in [0.15, 0.2) is 5.82 Å². The molecule has 21 heavy (non-hydrogen) atoms. The molecular formula is C11H19N5O4S. The summed E-state index contributed by atoms with van der Waals surface area (Å²) in [5, 5.41) is 3.93. The van der Waals surface area contributed by atoms with Gasteiger partial charge >= 0.3 is 6.09 Å². The van der Waals surface area contributed by atoms with Crippen LogP contribution in [0.25, 0.3) is 0 Å². The van der Waals surface area contributed by atoms with Crippen LogP contribution in [0.4, 0.5) is 10.6 Å². The number of sulfonamides is 1. The molecule has 0 aliphatic carbocycles. The van der Waals surface area contributed by atoms with Crippen molar-refractivity contribution in [3.8, 4) is 0 Å². The minimum atomic E-state index is -3.71. The van der Waals surface area contributed by atoms with E-state index in [9.17, 15) is 13.2 Å². The number of ether oxygens (including phenoxy) is 1. The first-order valence-electron chi connectivity index (χ1n) is 6.41. The third kappa shape index (κ3) is 2.68.